The van der Waals surface area contributed by atoms with Gasteiger partial charge in [0, 0.05) is 17.5 Å². The van der Waals surface area contributed by atoms with Gasteiger partial charge in [-0.2, -0.15) is 0 Å². The Morgan fingerprint density at radius 3 is 2.94 bits per heavy atom. The Labute approximate surface area is 103 Å². The van der Waals surface area contributed by atoms with Gasteiger partial charge in [0.1, 0.15) is 24.2 Å². The Kier molecular flexibility index (Phi) is 4.03. The maximum absolute atomic E-state index is 9.36. The Balaban J connectivity index is 2.17. The minimum absolute atomic E-state index is 0.172. The monoisotopic (exact) mass is 251 g/mol. The summed E-state index contributed by atoms with van der Waals surface area (Å²) < 4.78 is 9.34. The van der Waals surface area contributed by atoms with E-state index in [-0.39, 0.29) is 13.2 Å². The minimum Gasteiger partial charge on any atom is -0.490 e. The predicted octanol–water partition coefficient (Wildman–Crippen LogP) is 0.903. The molecule has 0 radical (unpaired) electrons. The number of aliphatic hydroxyl groups is 1. The van der Waals surface area contributed by atoms with Crippen LogP contribution >= 0.6 is 11.5 Å². The lowest BCUT2D eigenvalue weighted by Gasteiger charge is -2.12. The van der Waals surface area contributed by atoms with Gasteiger partial charge in [-0.05, 0) is 23.7 Å². The number of para-hydroxylation sites is 1. The number of aromatic nitrogens is 2. The number of ether oxygens (including phenoxy) is 1. The van der Waals surface area contributed by atoms with Crippen LogP contribution in [0.25, 0.3) is 11.3 Å². The van der Waals surface area contributed by atoms with Crippen LogP contribution in [0.3, 0.4) is 0 Å². The van der Waals surface area contributed by atoms with E-state index in [2.05, 4.69) is 9.59 Å². The molecule has 1 aromatic heterocycles. The molecule has 1 heterocycles. The summed E-state index contributed by atoms with van der Waals surface area (Å²) in [4.78, 5) is 0. The number of nitrogens with two attached hydrogens (primary N) is 1. The van der Waals surface area contributed by atoms with Crippen LogP contribution < -0.4 is 10.5 Å². The molecule has 1 aromatic carbocycles. The molecule has 0 aliphatic heterocycles. The van der Waals surface area contributed by atoms with Crippen LogP contribution in [0.2, 0.25) is 0 Å². The molecule has 2 rings (SSSR count). The molecule has 0 bridgehead atoms. The second kappa shape index (κ2) is 5.72. The van der Waals surface area contributed by atoms with E-state index in [1.54, 1.807) is 0 Å². The number of aliphatic hydroxyl groups excluding tert-OH is 1. The lowest BCUT2D eigenvalue weighted by molar-refractivity contribution is 0.114. The van der Waals surface area contributed by atoms with Gasteiger partial charge in [-0.15, -0.1) is 5.10 Å². The lowest BCUT2D eigenvalue weighted by Crippen LogP contribution is -2.26. The molecule has 0 fully saturated rings. The van der Waals surface area contributed by atoms with E-state index in [0.717, 1.165) is 11.3 Å². The van der Waals surface area contributed by atoms with Crippen molar-refractivity contribution < 1.29 is 9.84 Å². The van der Waals surface area contributed by atoms with Crippen molar-refractivity contribution in [1.29, 1.82) is 0 Å². The number of benzene rings is 1. The fourth-order valence-electron chi connectivity index (χ4n) is 1.34. The highest BCUT2D eigenvalue weighted by Crippen LogP contribution is 2.28. The molecule has 3 N–H and O–H groups in total. The van der Waals surface area contributed by atoms with Crippen LogP contribution in [0, 0.1) is 0 Å². The first-order chi connectivity index (χ1) is 8.31. The third-order valence-electron chi connectivity index (χ3n) is 2.23. The molecule has 1 unspecified atom stereocenters. The van der Waals surface area contributed by atoms with Crippen LogP contribution in [0.1, 0.15) is 0 Å². The summed E-state index contributed by atoms with van der Waals surface area (Å²) in [5.74, 6) is 0.674. The van der Waals surface area contributed by atoms with Gasteiger partial charge >= 0.3 is 0 Å². The van der Waals surface area contributed by atoms with Crippen molar-refractivity contribution in [3.63, 3.8) is 0 Å². The Morgan fingerprint density at radius 2 is 2.24 bits per heavy atom. The van der Waals surface area contributed by atoms with E-state index in [1.165, 1.54) is 11.5 Å². The van der Waals surface area contributed by atoms with Crippen molar-refractivity contribution in [3.05, 3.63) is 29.6 Å². The molecule has 5 nitrogen and oxygen atoms in total. The van der Waals surface area contributed by atoms with Gasteiger partial charge in [0.2, 0.25) is 0 Å². The number of hydrogen-bond acceptors (Lipinski definition) is 6. The highest BCUT2D eigenvalue weighted by molar-refractivity contribution is 7.03. The Bertz CT molecular complexity index is 461. The van der Waals surface area contributed by atoms with E-state index in [9.17, 15) is 5.11 Å². The van der Waals surface area contributed by atoms with Crippen molar-refractivity contribution >= 4 is 11.5 Å². The topological polar surface area (TPSA) is 81.3 Å². The Hall–Kier alpha value is -1.50. The van der Waals surface area contributed by atoms with E-state index in [4.69, 9.17) is 10.5 Å². The second-order valence-electron chi connectivity index (χ2n) is 3.49. The first-order valence-corrected chi connectivity index (χ1v) is 6.02. The first kappa shape index (κ1) is 12.0. The van der Waals surface area contributed by atoms with Gasteiger partial charge in [-0.3, -0.25) is 0 Å². The van der Waals surface area contributed by atoms with E-state index >= 15 is 0 Å². The molecule has 17 heavy (non-hydrogen) atoms. The molecule has 90 valence electrons. The third kappa shape index (κ3) is 3.00. The normalized spacial score (nSPS) is 12.4. The molecule has 0 saturated heterocycles. The summed E-state index contributed by atoms with van der Waals surface area (Å²) in [7, 11) is 0. The molecule has 0 aliphatic carbocycles. The smallest absolute Gasteiger partial charge is 0.128 e. The van der Waals surface area contributed by atoms with Crippen molar-refractivity contribution in [2.75, 3.05) is 13.2 Å². The molecular formula is C11H13N3O2S. The van der Waals surface area contributed by atoms with Crippen LogP contribution in [0.5, 0.6) is 5.75 Å². The van der Waals surface area contributed by atoms with E-state index < -0.39 is 6.10 Å². The standard InChI is InChI=1S/C11H13N3O2S/c12-5-8(15)6-16-11-4-2-1-3-9(11)10-7-17-14-13-10/h1-4,7-8,15H,5-6,12H2. The van der Waals surface area contributed by atoms with Crippen molar-refractivity contribution in [2.45, 2.75) is 6.10 Å². The molecule has 0 spiro atoms. The predicted molar refractivity (Wildman–Crippen MR) is 65.9 cm³/mol. The summed E-state index contributed by atoms with van der Waals surface area (Å²) in [5, 5.41) is 15.2. The van der Waals surface area contributed by atoms with Gasteiger partial charge in [0.05, 0.1) is 0 Å². The van der Waals surface area contributed by atoms with Crippen molar-refractivity contribution in [3.8, 4) is 17.0 Å². The van der Waals surface area contributed by atoms with Crippen molar-refractivity contribution in [1.82, 2.24) is 9.59 Å². The van der Waals surface area contributed by atoms with Gasteiger partial charge in [0.15, 0.2) is 0 Å². The van der Waals surface area contributed by atoms with Gasteiger partial charge in [-0.1, -0.05) is 16.6 Å². The Morgan fingerprint density at radius 1 is 1.41 bits per heavy atom. The first-order valence-electron chi connectivity index (χ1n) is 5.18. The molecule has 6 heteroatoms. The van der Waals surface area contributed by atoms with Crippen LogP contribution in [-0.4, -0.2) is 33.9 Å². The third-order valence-corrected chi connectivity index (χ3v) is 2.73. The molecule has 0 saturated carbocycles. The zero-order valence-corrected chi connectivity index (χ0v) is 9.93. The van der Waals surface area contributed by atoms with Crippen molar-refractivity contribution in [2.24, 2.45) is 5.73 Å². The number of nitrogens with zero attached hydrogens (tertiary/aromatic N) is 2. The molecule has 0 amide bonds. The molecular weight excluding hydrogens is 238 g/mol. The van der Waals surface area contributed by atoms with Crippen LogP contribution in [0.15, 0.2) is 29.6 Å². The SMILES string of the molecule is NCC(O)COc1ccccc1-c1csnn1. The van der Waals surface area contributed by atoms with Crippen LogP contribution in [-0.2, 0) is 0 Å². The summed E-state index contributed by atoms with van der Waals surface area (Å²) in [5.41, 5.74) is 6.96. The largest absolute Gasteiger partial charge is 0.490 e. The van der Waals surface area contributed by atoms with Crippen LogP contribution in [0.4, 0.5) is 0 Å². The summed E-state index contributed by atoms with van der Waals surface area (Å²) in [6.07, 6.45) is -0.656. The summed E-state index contributed by atoms with van der Waals surface area (Å²) in [6.45, 7) is 0.353. The fraction of sp³-hybridized carbons (Fsp3) is 0.273. The lowest BCUT2D eigenvalue weighted by atomic mass is 10.1. The molecule has 0 aliphatic rings. The maximum atomic E-state index is 9.36. The molecule has 2 aromatic rings. The zero-order valence-electron chi connectivity index (χ0n) is 9.11. The minimum atomic E-state index is -0.656. The maximum Gasteiger partial charge on any atom is 0.128 e. The number of hydrogen-bond donors (Lipinski definition) is 2. The summed E-state index contributed by atoms with van der Waals surface area (Å²) >= 11 is 1.29. The van der Waals surface area contributed by atoms with Gasteiger partial charge in [0.25, 0.3) is 0 Å². The highest BCUT2D eigenvalue weighted by Gasteiger charge is 2.09. The summed E-state index contributed by atoms with van der Waals surface area (Å²) in [6, 6.07) is 7.51. The highest BCUT2D eigenvalue weighted by atomic mass is 32.1. The average Bonchev–Trinajstić information content (AvgIpc) is 2.90. The molecule has 1 atom stereocenters. The number of rotatable bonds is 5. The average molecular weight is 251 g/mol. The van der Waals surface area contributed by atoms with E-state index in [0.29, 0.717) is 5.75 Å². The van der Waals surface area contributed by atoms with Gasteiger partial charge < -0.3 is 15.6 Å². The van der Waals surface area contributed by atoms with E-state index in [1.807, 2.05) is 29.6 Å². The quantitative estimate of drug-likeness (QED) is 0.825. The zero-order chi connectivity index (χ0) is 12.1. The van der Waals surface area contributed by atoms with Gasteiger partial charge in [-0.25, -0.2) is 0 Å². The fourth-order valence-corrected chi connectivity index (χ4v) is 1.80. The second-order valence-corrected chi connectivity index (χ2v) is 4.10.